The van der Waals surface area contributed by atoms with Crippen LogP contribution in [0, 0.1) is 0 Å². The average molecular weight is 249 g/mol. The van der Waals surface area contributed by atoms with Crippen LogP contribution in [0.1, 0.15) is 31.2 Å². The van der Waals surface area contributed by atoms with Crippen molar-refractivity contribution in [2.75, 3.05) is 13.2 Å². The van der Waals surface area contributed by atoms with Gasteiger partial charge in [0.25, 0.3) is 0 Å². The zero-order valence-electron chi connectivity index (χ0n) is 10.8. The van der Waals surface area contributed by atoms with Crippen molar-refractivity contribution in [1.29, 1.82) is 0 Å². The van der Waals surface area contributed by atoms with E-state index in [0.717, 1.165) is 5.56 Å². The maximum atomic E-state index is 9.80. The molecule has 18 heavy (non-hydrogen) atoms. The minimum Gasteiger partial charge on any atom is -0.389 e. The quantitative estimate of drug-likeness (QED) is 0.777. The van der Waals surface area contributed by atoms with Gasteiger partial charge in [-0.15, -0.1) is 0 Å². The molecule has 1 aliphatic rings. The van der Waals surface area contributed by atoms with Crippen molar-refractivity contribution in [2.45, 2.75) is 44.4 Å². The van der Waals surface area contributed by atoms with Crippen LogP contribution in [-0.2, 0) is 11.3 Å². The number of nitrogens with one attached hydrogen (secondary N) is 1. The molecule has 1 atom stereocenters. The summed E-state index contributed by atoms with van der Waals surface area (Å²) >= 11 is 0. The lowest BCUT2D eigenvalue weighted by molar-refractivity contribution is 0.0277. The summed E-state index contributed by atoms with van der Waals surface area (Å²) < 4.78 is 5.51. The largest absolute Gasteiger partial charge is 0.389 e. The summed E-state index contributed by atoms with van der Waals surface area (Å²) in [7, 11) is 0. The Morgan fingerprint density at radius 3 is 2.67 bits per heavy atom. The molecule has 1 fully saturated rings. The van der Waals surface area contributed by atoms with E-state index < -0.39 is 6.10 Å². The van der Waals surface area contributed by atoms with Gasteiger partial charge in [-0.3, -0.25) is 0 Å². The normalized spacial score (nSPS) is 18.1. The van der Waals surface area contributed by atoms with E-state index >= 15 is 0 Å². The van der Waals surface area contributed by atoms with Crippen molar-refractivity contribution in [2.24, 2.45) is 0 Å². The van der Waals surface area contributed by atoms with E-state index in [2.05, 4.69) is 5.32 Å². The molecular formula is C15H23NO2. The number of ether oxygens (including phenoxy) is 1. The molecule has 0 amide bonds. The van der Waals surface area contributed by atoms with Crippen LogP contribution in [0.5, 0.6) is 0 Å². The van der Waals surface area contributed by atoms with Gasteiger partial charge in [0, 0.05) is 12.6 Å². The van der Waals surface area contributed by atoms with E-state index in [4.69, 9.17) is 4.74 Å². The first-order valence-corrected chi connectivity index (χ1v) is 6.88. The topological polar surface area (TPSA) is 41.5 Å². The Labute approximate surface area is 109 Å². The summed E-state index contributed by atoms with van der Waals surface area (Å²) in [6.07, 6.45) is 4.72. The predicted molar refractivity (Wildman–Crippen MR) is 72.4 cm³/mol. The molecule has 0 bridgehead atoms. The molecule has 1 saturated carbocycles. The van der Waals surface area contributed by atoms with Crippen molar-refractivity contribution < 1.29 is 9.84 Å². The summed E-state index contributed by atoms with van der Waals surface area (Å²) in [5, 5.41) is 13.2. The Morgan fingerprint density at radius 1 is 1.22 bits per heavy atom. The van der Waals surface area contributed by atoms with Gasteiger partial charge in [0.2, 0.25) is 0 Å². The molecule has 3 nitrogen and oxygen atoms in total. The Kier molecular flexibility index (Phi) is 5.65. The SMILES string of the molecule is O[C@@H](CNC1CCCC1)COCc1ccccc1. The number of aliphatic hydroxyl groups excluding tert-OH is 1. The molecule has 0 unspecified atom stereocenters. The number of benzene rings is 1. The predicted octanol–water partition coefficient (Wildman–Crippen LogP) is 2.10. The highest BCUT2D eigenvalue weighted by molar-refractivity contribution is 5.13. The first kappa shape index (κ1) is 13.5. The lowest BCUT2D eigenvalue weighted by atomic mass is 10.2. The Hall–Kier alpha value is -0.900. The van der Waals surface area contributed by atoms with Crippen LogP contribution >= 0.6 is 0 Å². The minimum atomic E-state index is -0.408. The second-order valence-corrected chi connectivity index (χ2v) is 5.04. The standard InChI is InChI=1S/C15H23NO2/c17-15(10-16-14-8-4-5-9-14)12-18-11-13-6-2-1-3-7-13/h1-3,6-7,14-17H,4-5,8-12H2/t15-/m0/s1. The molecule has 1 aromatic carbocycles. The monoisotopic (exact) mass is 249 g/mol. The second-order valence-electron chi connectivity index (χ2n) is 5.04. The Morgan fingerprint density at radius 2 is 1.94 bits per heavy atom. The fraction of sp³-hybridized carbons (Fsp3) is 0.600. The third-order valence-corrected chi connectivity index (χ3v) is 3.42. The van der Waals surface area contributed by atoms with Crippen LogP contribution in [0.25, 0.3) is 0 Å². The van der Waals surface area contributed by atoms with Gasteiger partial charge in [0.1, 0.15) is 0 Å². The maximum Gasteiger partial charge on any atom is 0.0897 e. The van der Waals surface area contributed by atoms with Crippen LogP contribution in [0.15, 0.2) is 30.3 Å². The minimum absolute atomic E-state index is 0.397. The fourth-order valence-corrected chi connectivity index (χ4v) is 2.38. The summed E-state index contributed by atoms with van der Waals surface area (Å²) in [6.45, 7) is 1.61. The molecule has 0 spiro atoms. The van der Waals surface area contributed by atoms with Gasteiger partial charge < -0.3 is 15.2 Å². The fourth-order valence-electron chi connectivity index (χ4n) is 2.38. The van der Waals surface area contributed by atoms with E-state index in [-0.39, 0.29) is 0 Å². The highest BCUT2D eigenvalue weighted by Gasteiger charge is 2.15. The number of rotatable bonds is 7. The summed E-state index contributed by atoms with van der Waals surface area (Å²) in [5.74, 6) is 0. The van der Waals surface area contributed by atoms with Gasteiger partial charge in [-0.25, -0.2) is 0 Å². The highest BCUT2D eigenvalue weighted by Crippen LogP contribution is 2.17. The van der Waals surface area contributed by atoms with Crippen molar-refractivity contribution in [1.82, 2.24) is 5.32 Å². The molecule has 0 heterocycles. The van der Waals surface area contributed by atoms with Gasteiger partial charge in [-0.1, -0.05) is 43.2 Å². The van der Waals surface area contributed by atoms with E-state index in [0.29, 0.717) is 25.8 Å². The number of hydrogen-bond acceptors (Lipinski definition) is 3. The third-order valence-electron chi connectivity index (χ3n) is 3.42. The van der Waals surface area contributed by atoms with Gasteiger partial charge in [-0.05, 0) is 18.4 Å². The van der Waals surface area contributed by atoms with Crippen LogP contribution < -0.4 is 5.32 Å². The van der Waals surface area contributed by atoms with E-state index in [9.17, 15) is 5.11 Å². The van der Waals surface area contributed by atoms with E-state index in [1.54, 1.807) is 0 Å². The summed E-state index contributed by atoms with van der Waals surface area (Å²) in [6, 6.07) is 10.7. The lowest BCUT2D eigenvalue weighted by Gasteiger charge is -2.16. The Balaban J connectivity index is 1.55. The van der Waals surface area contributed by atoms with Crippen LogP contribution in [0.2, 0.25) is 0 Å². The molecule has 0 radical (unpaired) electrons. The molecular weight excluding hydrogens is 226 g/mol. The first-order valence-electron chi connectivity index (χ1n) is 6.88. The zero-order valence-corrected chi connectivity index (χ0v) is 10.8. The molecule has 2 N–H and O–H groups in total. The summed E-state index contributed by atoms with van der Waals surface area (Å²) in [5.41, 5.74) is 1.15. The highest BCUT2D eigenvalue weighted by atomic mass is 16.5. The van der Waals surface area contributed by atoms with Crippen LogP contribution in [0.4, 0.5) is 0 Å². The average Bonchev–Trinajstić information content (AvgIpc) is 2.91. The lowest BCUT2D eigenvalue weighted by Crippen LogP contribution is -2.36. The van der Waals surface area contributed by atoms with Crippen molar-refractivity contribution >= 4 is 0 Å². The smallest absolute Gasteiger partial charge is 0.0897 e. The van der Waals surface area contributed by atoms with Crippen molar-refractivity contribution in [3.8, 4) is 0 Å². The molecule has 0 aliphatic heterocycles. The maximum absolute atomic E-state index is 9.80. The molecule has 1 aromatic rings. The van der Waals surface area contributed by atoms with Gasteiger partial charge in [0.05, 0.1) is 19.3 Å². The Bertz CT molecular complexity index is 323. The second kappa shape index (κ2) is 7.52. The summed E-state index contributed by atoms with van der Waals surface area (Å²) in [4.78, 5) is 0. The molecule has 3 heteroatoms. The van der Waals surface area contributed by atoms with E-state index in [1.165, 1.54) is 25.7 Å². The molecule has 0 saturated heterocycles. The third kappa shape index (κ3) is 4.77. The molecule has 2 rings (SSSR count). The van der Waals surface area contributed by atoms with Crippen LogP contribution in [-0.4, -0.2) is 30.4 Å². The zero-order chi connectivity index (χ0) is 12.6. The van der Waals surface area contributed by atoms with Crippen molar-refractivity contribution in [3.63, 3.8) is 0 Å². The molecule has 1 aliphatic carbocycles. The molecule has 100 valence electrons. The first-order chi connectivity index (χ1) is 8.84. The van der Waals surface area contributed by atoms with E-state index in [1.807, 2.05) is 30.3 Å². The van der Waals surface area contributed by atoms with Gasteiger partial charge in [0.15, 0.2) is 0 Å². The van der Waals surface area contributed by atoms with Crippen LogP contribution in [0.3, 0.4) is 0 Å². The molecule has 0 aromatic heterocycles. The van der Waals surface area contributed by atoms with Gasteiger partial charge >= 0.3 is 0 Å². The van der Waals surface area contributed by atoms with Gasteiger partial charge in [-0.2, -0.15) is 0 Å². The van der Waals surface area contributed by atoms with Crippen molar-refractivity contribution in [3.05, 3.63) is 35.9 Å². The number of aliphatic hydroxyl groups is 1. The number of hydrogen-bond donors (Lipinski definition) is 2.